The van der Waals surface area contributed by atoms with Crippen LogP contribution in [-0.2, 0) is 22.7 Å². The minimum Gasteiger partial charge on any atom is -0.497 e. The zero-order chi connectivity index (χ0) is 20.4. The van der Waals surface area contributed by atoms with Crippen LogP contribution in [0.15, 0.2) is 53.4 Å². The molecular formula is C19H22F3N2O3S+. The fourth-order valence-electron chi connectivity index (χ4n) is 3.36. The monoisotopic (exact) mass is 415 g/mol. The highest BCUT2D eigenvalue weighted by Crippen LogP contribution is 2.35. The number of methoxy groups -OCH3 is 1. The average molecular weight is 415 g/mol. The maximum Gasteiger partial charge on any atom is 0.417 e. The standard InChI is InChI=1S/C19H21F3N2O3S/c1-27-16-6-4-5-15(13-16)14-23-9-11-24(12-10-23)28(25,26)18-8-3-2-7-17(18)19(20,21)22/h2-8,13H,9-12,14H2,1H3/p+1. The Bertz CT molecular complexity index is 924. The number of benzene rings is 2. The Labute approximate surface area is 162 Å². The Balaban J connectivity index is 1.71. The fourth-order valence-corrected chi connectivity index (χ4v) is 5.01. The zero-order valence-electron chi connectivity index (χ0n) is 15.4. The highest BCUT2D eigenvalue weighted by atomic mass is 32.2. The van der Waals surface area contributed by atoms with E-state index < -0.39 is 26.7 Å². The number of ether oxygens (including phenoxy) is 1. The molecule has 1 fully saturated rings. The lowest BCUT2D eigenvalue weighted by molar-refractivity contribution is -0.917. The van der Waals surface area contributed by atoms with Crippen LogP contribution in [0.5, 0.6) is 5.75 Å². The van der Waals surface area contributed by atoms with E-state index in [9.17, 15) is 21.6 Å². The van der Waals surface area contributed by atoms with Gasteiger partial charge in [-0.05, 0) is 24.3 Å². The molecule has 0 amide bonds. The van der Waals surface area contributed by atoms with E-state index in [1.165, 1.54) is 17.0 Å². The summed E-state index contributed by atoms with van der Waals surface area (Å²) in [6, 6.07) is 12.0. The third-order valence-electron chi connectivity index (χ3n) is 4.83. The predicted molar refractivity (Wildman–Crippen MR) is 97.6 cm³/mol. The Morgan fingerprint density at radius 3 is 2.39 bits per heavy atom. The summed E-state index contributed by atoms with van der Waals surface area (Å²) in [6.07, 6.45) is -4.72. The third kappa shape index (κ3) is 4.48. The van der Waals surface area contributed by atoms with Crippen LogP contribution in [0.1, 0.15) is 11.1 Å². The molecule has 28 heavy (non-hydrogen) atoms. The van der Waals surface area contributed by atoms with Crippen LogP contribution in [0.4, 0.5) is 13.2 Å². The van der Waals surface area contributed by atoms with Crippen LogP contribution in [0, 0.1) is 0 Å². The van der Waals surface area contributed by atoms with Crippen molar-refractivity contribution in [3.63, 3.8) is 0 Å². The molecule has 3 rings (SSSR count). The van der Waals surface area contributed by atoms with Gasteiger partial charge in [0.05, 0.1) is 43.7 Å². The summed E-state index contributed by atoms with van der Waals surface area (Å²) in [4.78, 5) is 0.488. The Kier molecular flexibility index (Phi) is 5.97. The molecule has 1 aliphatic heterocycles. The smallest absolute Gasteiger partial charge is 0.417 e. The molecule has 1 saturated heterocycles. The second-order valence-corrected chi connectivity index (χ2v) is 8.58. The minimum atomic E-state index is -4.72. The SMILES string of the molecule is COc1cccc(C[NH+]2CCN(S(=O)(=O)c3ccccc3C(F)(F)F)CC2)c1. The number of piperazine rings is 1. The number of hydrogen-bond acceptors (Lipinski definition) is 3. The molecule has 0 saturated carbocycles. The van der Waals surface area contributed by atoms with Gasteiger partial charge in [-0.25, -0.2) is 8.42 Å². The molecule has 1 heterocycles. The molecule has 1 N–H and O–H groups in total. The Hall–Kier alpha value is -2.10. The molecule has 1 aliphatic rings. The van der Waals surface area contributed by atoms with Crippen molar-refractivity contribution in [2.45, 2.75) is 17.6 Å². The minimum absolute atomic E-state index is 0.174. The van der Waals surface area contributed by atoms with Gasteiger partial charge in [0.25, 0.3) is 0 Å². The number of nitrogens with zero attached hydrogens (tertiary/aromatic N) is 1. The van der Waals surface area contributed by atoms with Crippen molar-refractivity contribution in [1.29, 1.82) is 0 Å². The molecule has 5 nitrogen and oxygen atoms in total. The van der Waals surface area contributed by atoms with Crippen LogP contribution in [0.3, 0.4) is 0 Å². The highest BCUT2D eigenvalue weighted by Gasteiger charge is 2.39. The van der Waals surface area contributed by atoms with Crippen LogP contribution in [-0.4, -0.2) is 46.0 Å². The molecule has 0 aliphatic carbocycles. The maximum absolute atomic E-state index is 13.2. The van der Waals surface area contributed by atoms with Crippen molar-refractivity contribution in [3.05, 3.63) is 59.7 Å². The fraction of sp³-hybridized carbons (Fsp3) is 0.368. The molecule has 2 aromatic carbocycles. The van der Waals surface area contributed by atoms with Gasteiger partial charge in [-0.2, -0.15) is 17.5 Å². The maximum atomic E-state index is 13.2. The van der Waals surface area contributed by atoms with E-state index >= 15 is 0 Å². The molecule has 0 atom stereocenters. The summed E-state index contributed by atoms with van der Waals surface area (Å²) in [5, 5.41) is 0. The van der Waals surface area contributed by atoms with Gasteiger partial charge in [-0.15, -0.1) is 0 Å². The van der Waals surface area contributed by atoms with Crippen molar-refractivity contribution < 1.29 is 31.2 Å². The van der Waals surface area contributed by atoms with E-state index in [2.05, 4.69) is 0 Å². The highest BCUT2D eigenvalue weighted by molar-refractivity contribution is 7.89. The van der Waals surface area contributed by atoms with Crippen molar-refractivity contribution in [3.8, 4) is 5.75 Å². The largest absolute Gasteiger partial charge is 0.497 e. The van der Waals surface area contributed by atoms with Crippen LogP contribution in [0.2, 0.25) is 0 Å². The lowest BCUT2D eigenvalue weighted by Crippen LogP contribution is -3.13. The predicted octanol–water partition coefficient (Wildman–Crippen LogP) is 1.80. The number of alkyl halides is 3. The van der Waals surface area contributed by atoms with Gasteiger partial charge < -0.3 is 9.64 Å². The number of halogens is 3. The second kappa shape index (κ2) is 8.10. The van der Waals surface area contributed by atoms with Crippen LogP contribution in [0.25, 0.3) is 0 Å². The average Bonchev–Trinajstić information content (AvgIpc) is 2.68. The molecule has 152 valence electrons. The topological polar surface area (TPSA) is 51.1 Å². The number of quaternary nitrogens is 1. The van der Waals surface area contributed by atoms with Gasteiger partial charge in [-0.1, -0.05) is 24.3 Å². The van der Waals surface area contributed by atoms with Gasteiger partial charge in [0.1, 0.15) is 12.3 Å². The van der Waals surface area contributed by atoms with Crippen molar-refractivity contribution in [2.24, 2.45) is 0 Å². The number of rotatable bonds is 5. The van der Waals surface area contributed by atoms with Crippen LogP contribution >= 0.6 is 0 Å². The molecular weight excluding hydrogens is 393 g/mol. The molecule has 0 spiro atoms. The first-order chi connectivity index (χ1) is 13.2. The Morgan fingerprint density at radius 1 is 1.07 bits per heavy atom. The van der Waals surface area contributed by atoms with E-state index in [1.807, 2.05) is 24.3 Å². The summed E-state index contributed by atoms with van der Waals surface area (Å²) in [6.45, 7) is 2.08. The number of nitrogens with one attached hydrogen (secondary N) is 1. The van der Waals surface area contributed by atoms with Crippen LogP contribution < -0.4 is 9.64 Å². The van der Waals surface area contributed by atoms with Crippen molar-refractivity contribution in [2.75, 3.05) is 33.3 Å². The molecule has 2 aromatic rings. The van der Waals surface area contributed by atoms with Crippen molar-refractivity contribution >= 4 is 10.0 Å². The van der Waals surface area contributed by atoms with Gasteiger partial charge in [0, 0.05) is 5.56 Å². The second-order valence-electron chi connectivity index (χ2n) is 6.68. The lowest BCUT2D eigenvalue weighted by Gasteiger charge is -2.32. The summed E-state index contributed by atoms with van der Waals surface area (Å²) >= 11 is 0. The van der Waals surface area contributed by atoms with Crippen molar-refractivity contribution in [1.82, 2.24) is 4.31 Å². The van der Waals surface area contributed by atoms with E-state index in [4.69, 9.17) is 4.74 Å². The number of hydrogen-bond donors (Lipinski definition) is 1. The first-order valence-corrected chi connectivity index (χ1v) is 10.3. The normalized spacial score (nSPS) is 16.9. The summed E-state index contributed by atoms with van der Waals surface area (Å²) in [5.74, 6) is 0.752. The van der Waals surface area contributed by atoms with Gasteiger partial charge in [-0.3, -0.25) is 0 Å². The number of sulfonamides is 1. The molecule has 0 radical (unpaired) electrons. The lowest BCUT2D eigenvalue weighted by atomic mass is 10.2. The summed E-state index contributed by atoms with van der Waals surface area (Å²) in [7, 11) is -2.61. The summed E-state index contributed by atoms with van der Waals surface area (Å²) < 4.78 is 71.6. The van der Waals surface area contributed by atoms with E-state index in [-0.39, 0.29) is 13.1 Å². The van der Waals surface area contributed by atoms with E-state index in [0.717, 1.165) is 27.8 Å². The molecule has 9 heteroatoms. The van der Waals surface area contributed by atoms with E-state index in [1.54, 1.807) is 7.11 Å². The van der Waals surface area contributed by atoms with E-state index in [0.29, 0.717) is 19.6 Å². The molecule has 0 aromatic heterocycles. The zero-order valence-corrected chi connectivity index (χ0v) is 16.2. The van der Waals surface area contributed by atoms with Gasteiger partial charge in [0.15, 0.2) is 0 Å². The summed E-state index contributed by atoms with van der Waals surface area (Å²) in [5.41, 5.74) is -0.0609. The first-order valence-electron chi connectivity index (χ1n) is 8.84. The first kappa shape index (κ1) is 20.6. The molecule has 0 bridgehead atoms. The molecule has 0 unspecified atom stereocenters. The Morgan fingerprint density at radius 2 is 1.75 bits per heavy atom. The third-order valence-corrected chi connectivity index (χ3v) is 6.78. The quantitative estimate of drug-likeness (QED) is 0.811. The van der Waals surface area contributed by atoms with Gasteiger partial charge >= 0.3 is 6.18 Å². The van der Waals surface area contributed by atoms with Gasteiger partial charge in [0.2, 0.25) is 10.0 Å².